The van der Waals surface area contributed by atoms with Crippen LogP contribution in [0.15, 0.2) is 170 Å². The second-order valence-corrected chi connectivity index (χ2v) is 14.0. The highest BCUT2D eigenvalue weighted by molar-refractivity contribution is 7.85. The SMILES string of the molecule is O=P(c1ccccc1)(c1ccccc1)c1ccc(-c2nc(-c3ccc4ccccc4c3)nc(-c3ccc4ccccc4c3)n2)cc1. The predicted octanol–water partition coefficient (Wildman–Crippen LogP) is 8.82. The Hall–Kier alpha value is -5.70. The molecule has 0 spiro atoms. The number of benzene rings is 7. The third-order valence-electron chi connectivity index (χ3n) is 8.38. The van der Waals surface area contributed by atoms with E-state index in [1.165, 1.54) is 0 Å². The van der Waals surface area contributed by atoms with Crippen molar-refractivity contribution in [2.75, 3.05) is 0 Å². The van der Waals surface area contributed by atoms with Crippen molar-refractivity contribution < 1.29 is 4.57 Å². The van der Waals surface area contributed by atoms with Crippen molar-refractivity contribution in [2.24, 2.45) is 0 Å². The maximum atomic E-state index is 14.9. The third kappa shape index (κ3) is 5.09. The van der Waals surface area contributed by atoms with Gasteiger partial charge in [0.25, 0.3) is 0 Å². The van der Waals surface area contributed by atoms with Crippen molar-refractivity contribution in [3.05, 3.63) is 170 Å². The molecule has 46 heavy (non-hydrogen) atoms. The van der Waals surface area contributed by atoms with Gasteiger partial charge in [0.2, 0.25) is 0 Å². The standard InChI is InChI=1S/C41H28N3OP/c45-46(36-15-3-1-4-16-36,37-17-5-2-6-18-37)38-25-23-31(24-26-38)39-42-40(34-21-19-29-11-7-9-13-32(29)27-34)44-41(43-39)35-22-20-30-12-8-10-14-33(30)28-35/h1-28H. The van der Waals surface area contributed by atoms with Crippen molar-refractivity contribution in [2.45, 2.75) is 0 Å². The Bertz CT molecular complexity index is 2250. The van der Waals surface area contributed by atoms with Gasteiger partial charge in [-0.15, -0.1) is 0 Å². The van der Waals surface area contributed by atoms with E-state index in [4.69, 9.17) is 15.0 Å². The molecule has 0 bridgehead atoms. The van der Waals surface area contributed by atoms with Gasteiger partial charge in [0, 0.05) is 32.6 Å². The van der Waals surface area contributed by atoms with Crippen LogP contribution in [0.1, 0.15) is 0 Å². The zero-order valence-corrected chi connectivity index (χ0v) is 25.8. The van der Waals surface area contributed by atoms with Crippen molar-refractivity contribution in [1.29, 1.82) is 0 Å². The minimum atomic E-state index is -3.10. The van der Waals surface area contributed by atoms with Crippen LogP contribution in [0.3, 0.4) is 0 Å². The van der Waals surface area contributed by atoms with Gasteiger partial charge in [-0.2, -0.15) is 0 Å². The quantitative estimate of drug-likeness (QED) is 0.177. The molecule has 0 radical (unpaired) electrons. The normalized spacial score (nSPS) is 11.6. The fraction of sp³-hybridized carbons (Fsp3) is 0. The highest BCUT2D eigenvalue weighted by Crippen LogP contribution is 2.42. The molecule has 218 valence electrons. The van der Waals surface area contributed by atoms with Gasteiger partial charge in [-0.05, 0) is 33.7 Å². The smallest absolute Gasteiger partial charge is 0.171 e. The second-order valence-electron chi connectivity index (χ2n) is 11.3. The van der Waals surface area contributed by atoms with Crippen LogP contribution < -0.4 is 15.9 Å². The van der Waals surface area contributed by atoms with Crippen LogP contribution in [0.5, 0.6) is 0 Å². The molecule has 8 aromatic rings. The van der Waals surface area contributed by atoms with E-state index in [-0.39, 0.29) is 0 Å². The molecule has 0 unspecified atom stereocenters. The topological polar surface area (TPSA) is 55.7 Å². The van der Waals surface area contributed by atoms with Gasteiger partial charge in [-0.3, -0.25) is 0 Å². The Balaban J connectivity index is 1.27. The fourth-order valence-electron chi connectivity index (χ4n) is 5.96. The van der Waals surface area contributed by atoms with Gasteiger partial charge >= 0.3 is 0 Å². The van der Waals surface area contributed by atoms with Crippen LogP contribution in [0.25, 0.3) is 55.7 Å². The number of hydrogen-bond donors (Lipinski definition) is 0. The molecule has 0 fully saturated rings. The molecule has 1 aromatic heterocycles. The number of nitrogens with zero attached hydrogens (tertiary/aromatic N) is 3. The Kier molecular flexibility index (Phi) is 7.05. The van der Waals surface area contributed by atoms with Gasteiger partial charge in [-0.25, -0.2) is 15.0 Å². The molecule has 0 aliphatic heterocycles. The average molecular weight is 610 g/mol. The molecular formula is C41H28N3OP. The van der Waals surface area contributed by atoms with Crippen LogP contribution in [-0.4, -0.2) is 15.0 Å². The maximum Gasteiger partial charge on any atom is 0.171 e. The molecule has 0 saturated heterocycles. The van der Waals surface area contributed by atoms with E-state index >= 15 is 0 Å². The summed E-state index contributed by atoms with van der Waals surface area (Å²) in [5.41, 5.74) is 2.65. The minimum absolute atomic E-state index is 0.558. The van der Waals surface area contributed by atoms with E-state index in [2.05, 4.69) is 60.7 Å². The molecule has 8 rings (SSSR count). The summed E-state index contributed by atoms with van der Waals surface area (Å²) in [6, 6.07) is 56.4. The first-order chi connectivity index (χ1) is 22.6. The van der Waals surface area contributed by atoms with E-state index in [9.17, 15) is 4.57 Å². The largest absolute Gasteiger partial charge is 0.309 e. The van der Waals surface area contributed by atoms with Gasteiger partial charge in [0.1, 0.15) is 0 Å². The Morgan fingerprint density at radius 1 is 0.326 bits per heavy atom. The Labute approximate surface area is 267 Å². The van der Waals surface area contributed by atoms with Crippen molar-refractivity contribution >= 4 is 44.6 Å². The van der Waals surface area contributed by atoms with Crippen LogP contribution in [-0.2, 0) is 4.57 Å². The van der Waals surface area contributed by atoms with Gasteiger partial charge in [0.05, 0.1) is 0 Å². The first-order valence-corrected chi connectivity index (χ1v) is 16.9. The average Bonchev–Trinajstić information content (AvgIpc) is 3.14. The number of rotatable bonds is 6. The fourth-order valence-corrected chi connectivity index (χ4v) is 8.61. The lowest BCUT2D eigenvalue weighted by Gasteiger charge is -2.20. The number of aromatic nitrogens is 3. The van der Waals surface area contributed by atoms with E-state index in [0.29, 0.717) is 17.5 Å². The van der Waals surface area contributed by atoms with Crippen molar-refractivity contribution in [3.8, 4) is 34.2 Å². The van der Waals surface area contributed by atoms with Crippen LogP contribution in [0, 0.1) is 0 Å². The van der Waals surface area contributed by atoms with E-state index < -0.39 is 7.14 Å². The molecule has 0 saturated carbocycles. The molecule has 0 amide bonds. The molecule has 0 atom stereocenters. The molecule has 5 heteroatoms. The lowest BCUT2D eigenvalue weighted by atomic mass is 10.1. The summed E-state index contributed by atoms with van der Waals surface area (Å²) in [6.07, 6.45) is 0. The lowest BCUT2D eigenvalue weighted by molar-refractivity contribution is 0.592. The molecular weight excluding hydrogens is 581 g/mol. The van der Waals surface area contributed by atoms with Crippen LogP contribution in [0.4, 0.5) is 0 Å². The molecule has 4 nitrogen and oxygen atoms in total. The number of fused-ring (bicyclic) bond motifs is 2. The summed E-state index contributed by atoms with van der Waals surface area (Å²) in [5.74, 6) is 1.76. The van der Waals surface area contributed by atoms with E-state index in [1.54, 1.807) is 0 Å². The summed E-state index contributed by atoms with van der Waals surface area (Å²) in [6.45, 7) is 0. The first kappa shape index (κ1) is 27.8. The first-order valence-electron chi connectivity index (χ1n) is 15.2. The van der Waals surface area contributed by atoms with Gasteiger partial charge < -0.3 is 4.57 Å². The second kappa shape index (κ2) is 11.7. The van der Waals surface area contributed by atoms with Gasteiger partial charge in [0.15, 0.2) is 24.6 Å². The third-order valence-corrected chi connectivity index (χ3v) is 11.5. The monoisotopic (exact) mass is 609 g/mol. The Morgan fingerprint density at radius 3 is 1.13 bits per heavy atom. The summed E-state index contributed by atoms with van der Waals surface area (Å²) >= 11 is 0. The zero-order chi connectivity index (χ0) is 30.9. The molecule has 1 heterocycles. The highest BCUT2D eigenvalue weighted by atomic mass is 31.2. The van der Waals surface area contributed by atoms with Gasteiger partial charge in [-0.1, -0.05) is 158 Å². The Morgan fingerprint density at radius 2 is 0.674 bits per heavy atom. The van der Waals surface area contributed by atoms with Crippen LogP contribution in [0.2, 0.25) is 0 Å². The van der Waals surface area contributed by atoms with Crippen molar-refractivity contribution in [3.63, 3.8) is 0 Å². The molecule has 0 aliphatic carbocycles. The number of hydrogen-bond acceptors (Lipinski definition) is 4. The van der Waals surface area contributed by atoms with E-state index in [1.807, 2.05) is 109 Å². The molecule has 0 N–H and O–H groups in total. The zero-order valence-electron chi connectivity index (χ0n) is 24.9. The molecule has 7 aromatic carbocycles. The summed E-state index contributed by atoms with van der Waals surface area (Å²) in [5, 5.41) is 6.91. The summed E-state index contributed by atoms with van der Waals surface area (Å²) in [4.78, 5) is 15.0. The summed E-state index contributed by atoms with van der Waals surface area (Å²) in [7, 11) is -3.10. The predicted molar refractivity (Wildman–Crippen MR) is 191 cm³/mol. The highest BCUT2D eigenvalue weighted by Gasteiger charge is 2.29. The van der Waals surface area contributed by atoms with Crippen LogP contribution >= 0.6 is 7.14 Å². The molecule has 0 aliphatic rings. The minimum Gasteiger partial charge on any atom is -0.309 e. The lowest BCUT2D eigenvalue weighted by Crippen LogP contribution is -2.24. The maximum absolute atomic E-state index is 14.9. The van der Waals surface area contributed by atoms with E-state index in [0.717, 1.165) is 54.1 Å². The van der Waals surface area contributed by atoms with Crippen molar-refractivity contribution in [1.82, 2.24) is 15.0 Å². The summed E-state index contributed by atoms with van der Waals surface area (Å²) < 4.78 is 14.9.